The highest BCUT2D eigenvalue weighted by atomic mass is 35.5. The second kappa shape index (κ2) is 8.10. The number of carbonyl (C=O) groups excluding carboxylic acids is 2. The Kier molecular flexibility index (Phi) is 6.10. The lowest BCUT2D eigenvalue weighted by molar-refractivity contribution is -0.121. The molecule has 0 aliphatic heterocycles. The summed E-state index contributed by atoms with van der Waals surface area (Å²) in [6, 6.07) is 12.0. The first-order valence-corrected chi connectivity index (χ1v) is 8.28. The van der Waals surface area contributed by atoms with Crippen LogP contribution in [0.25, 0.3) is 0 Å². The average molecular weight is 377 g/mol. The van der Waals surface area contributed by atoms with Crippen molar-refractivity contribution >= 4 is 29.1 Å². The highest BCUT2D eigenvalue weighted by molar-refractivity contribution is 6.30. The van der Waals surface area contributed by atoms with Crippen molar-refractivity contribution in [1.29, 1.82) is 0 Å². The van der Waals surface area contributed by atoms with Crippen molar-refractivity contribution in [2.24, 2.45) is 5.73 Å². The van der Waals surface area contributed by atoms with E-state index in [1.165, 1.54) is 7.11 Å². The van der Waals surface area contributed by atoms with Gasteiger partial charge in [0, 0.05) is 16.8 Å². The number of amides is 2. The van der Waals surface area contributed by atoms with Gasteiger partial charge in [0.1, 0.15) is 0 Å². The summed E-state index contributed by atoms with van der Waals surface area (Å²) >= 11 is 5.91. The highest BCUT2D eigenvalue weighted by Gasteiger charge is 2.30. The van der Waals surface area contributed by atoms with Gasteiger partial charge in [-0.3, -0.25) is 9.59 Å². The molecular weight excluding hydrogens is 356 g/mol. The molecule has 2 rings (SSSR count). The van der Waals surface area contributed by atoms with Crippen LogP contribution in [0.5, 0.6) is 11.5 Å². The zero-order chi connectivity index (χ0) is 19.3. The van der Waals surface area contributed by atoms with E-state index in [1.807, 2.05) is 26.0 Å². The van der Waals surface area contributed by atoms with Crippen molar-refractivity contribution in [2.45, 2.75) is 19.3 Å². The minimum absolute atomic E-state index is 0.203. The number of carbonyl (C=O) groups is 2. The molecular formula is C19H21ClN2O4. The number of nitrogens with one attached hydrogen (secondary N) is 1. The van der Waals surface area contributed by atoms with E-state index in [2.05, 4.69) is 5.32 Å². The van der Waals surface area contributed by atoms with Crippen molar-refractivity contribution in [3.8, 4) is 11.5 Å². The molecule has 0 aromatic heterocycles. The normalized spacial score (nSPS) is 10.9. The first-order chi connectivity index (χ1) is 12.2. The third kappa shape index (κ3) is 4.67. The van der Waals surface area contributed by atoms with Crippen molar-refractivity contribution < 1.29 is 19.1 Å². The molecule has 0 radical (unpaired) electrons. The standard InChI is InChI=1S/C19H21ClN2O4/c1-19(2,12-4-6-13(20)7-5-12)18(24)22-14-8-9-15(25-3)16(10-14)26-11-17(21)23/h4-10H,11H2,1-3H3,(H2,21,23)(H,22,24). The smallest absolute Gasteiger partial charge is 0.255 e. The first-order valence-electron chi connectivity index (χ1n) is 7.90. The van der Waals surface area contributed by atoms with Crippen molar-refractivity contribution in [3.05, 3.63) is 53.1 Å². The van der Waals surface area contributed by atoms with E-state index >= 15 is 0 Å². The summed E-state index contributed by atoms with van der Waals surface area (Å²) in [5.41, 5.74) is 5.66. The third-order valence-electron chi connectivity index (χ3n) is 3.92. The molecule has 2 amide bonds. The van der Waals surface area contributed by atoms with E-state index in [9.17, 15) is 9.59 Å². The van der Waals surface area contributed by atoms with E-state index in [0.29, 0.717) is 22.2 Å². The van der Waals surface area contributed by atoms with Crippen LogP contribution in [-0.4, -0.2) is 25.5 Å². The van der Waals surface area contributed by atoms with Crippen molar-refractivity contribution in [3.63, 3.8) is 0 Å². The van der Waals surface area contributed by atoms with Crippen LogP contribution >= 0.6 is 11.6 Å². The molecule has 2 aromatic rings. The molecule has 3 N–H and O–H groups in total. The fourth-order valence-corrected chi connectivity index (χ4v) is 2.43. The quantitative estimate of drug-likeness (QED) is 0.776. The van der Waals surface area contributed by atoms with Crippen LogP contribution in [0, 0.1) is 0 Å². The Morgan fingerprint density at radius 1 is 1.12 bits per heavy atom. The molecule has 26 heavy (non-hydrogen) atoms. The number of halogens is 1. The summed E-state index contributed by atoms with van der Waals surface area (Å²) in [4.78, 5) is 23.7. The minimum atomic E-state index is -0.779. The predicted molar refractivity (Wildman–Crippen MR) is 101 cm³/mol. The van der Waals surface area contributed by atoms with Gasteiger partial charge in [-0.25, -0.2) is 0 Å². The fourth-order valence-electron chi connectivity index (χ4n) is 2.30. The van der Waals surface area contributed by atoms with Gasteiger partial charge in [0.15, 0.2) is 18.1 Å². The molecule has 0 aliphatic carbocycles. The summed E-state index contributed by atoms with van der Waals surface area (Å²) in [6.07, 6.45) is 0. The Morgan fingerprint density at radius 2 is 1.77 bits per heavy atom. The van der Waals surface area contributed by atoms with Crippen LogP contribution in [-0.2, 0) is 15.0 Å². The number of hydrogen-bond acceptors (Lipinski definition) is 4. The van der Waals surface area contributed by atoms with E-state index in [-0.39, 0.29) is 12.5 Å². The van der Waals surface area contributed by atoms with Crippen molar-refractivity contribution in [2.75, 3.05) is 19.0 Å². The summed E-state index contributed by atoms with van der Waals surface area (Å²) in [7, 11) is 1.48. The lowest BCUT2D eigenvalue weighted by atomic mass is 9.83. The van der Waals surface area contributed by atoms with Crippen LogP contribution in [0.4, 0.5) is 5.69 Å². The largest absolute Gasteiger partial charge is 0.493 e. The molecule has 0 spiro atoms. The van der Waals surface area contributed by atoms with Gasteiger partial charge < -0.3 is 20.5 Å². The van der Waals surface area contributed by atoms with Gasteiger partial charge in [0.2, 0.25) is 5.91 Å². The number of anilines is 1. The van der Waals surface area contributed by atoms with Crippen LogP contribution in [0.3, 0.4) is 0 Å². The van der Waals surface area contributed by atoms with E-state index in [0.717, 1.165) is 5.56 Å². The predicted octanol–water partition coefficient (Wildman–Crippen LogP) is 3.13. The number of hydrogen-bond donors (Lipinski definition) is 2. The molecule has 0 aliphatic rings. The Balaban J connectivity index is 2.20. The zero-order valence-corrected chi connectivity index (χ0v) is 15.6. The Hall–Kier alpha value is -2.73. The molecule has 138 valence electrons. The van der Waals surface area contributed by atoms with Gasteiger partial charge >= 0.3 is 0 Å². The van der Waals surface area contributed by atoms with Gasteiger partial charge in [-0.05, 0) is 43.7 Å². The Labute approximate surface area is 157 Å². The average Bonchev–Trinajstić information content (AvgIpc) is 2.60. The van der Waals surface area contributed by atoms with Crippen LogP contribution < -0.4 is 20.5 Å². The minimum Gasteiger partial charge on any atom is -0.493 e. The Bertz CT molecular complexity index is 804. The van der Waals surface area contributed by atoms with E-state index < -0.39 is 11.3 Å². The number of benzene rings is 2. The van der Waals surface area contributed by atoms with Gasteiger partial charge in [-0.15, -0.1) is 0 Å². The number of nitrogens with two attached hydrogens (primary N) is 1. The summed E-state index contributed by atoms with van der Waals surface area (Å²) in [6.45, 7) is 3.35. The summed E-state index contributed by atoms with van der Waals surface area (Å²) < 4.78 is 10.5. The molecule has 0 fully saturated rings. The number of primary amides is 1. The molecule has 6 nitrogen and oxygen atoms in total. The van der Waals surface area contributed by atoms with Crippen LogP contribution in [0.1, 0.15) is 19.4 Å². The maximum Gasteiger partial charge on any atom is 0.255 e. The second-order valence-electron chi connectivity index (χ2n) is 6.21. The van der Waals surface area contributed by atoms with Crippen LogP contribution in [0.15, 0.2) is 42.5 Å². The molecule has 0 atom stereocenters. The van der Waals surface area contributed by atoms with E-state index in [1.54, 1.807) is 30.3 Å². The zero-order valence-electron chi connectivity index (χ0n) is 14.8. The van der Waals surface area contributed by atoms with Gasteiger partial charge in [0.05, 0.1) is 12.5 Å². The number of methoxy groups -OCH3 is 1. The number of ether oxygens (including phenoxy) is 2. The first kappa shape index (κ1) is 19.6. The van der Waals surface area contributed by atoms with Gasteiger partial charge in [-0.1, -0.05) is 23.7 Å². The topological polar surface area (TPSA) is 90.7 Å². The molecule has 0 saturated carbocycles. The molecule has 0 unspecified atom stereocenters. The van der Waals surface area contributed by atoms with Crippen LogP contribution in [0.2, 0.25) is 5.02 Å². The second-order valence-corrected chi connectivity index (χ2v) is 6.64. The van der Waals surface area contributed by atoms with Gasteiger partial charge in [0.25, 0.3) is 5.91 Å². The lowest BCUT2D eigenvalue weighted by Crippen LogP contribution is -2.34. The molecule has 7 heteroatoms. The molecule has 0 bridgehead atoms. The molecule has 2 aromatic carbocycles. The maximum atomic E-state index is 12.8. The number of rotatable bonds is 7. The summed E-state index contributed by atoms with van der Waals surface area (Å²) in [5.74, 6) is -0.0641. The van der Waals surface area contributed by atoms with E-state index in [4.69, 9.17) is 26.8 Å². The lowest BCUT2D eigenvalue weighted by Gasteiger charge is -2.24. The summed E-state index contributed by atoms with van der Waals surface area (Å²) in [5, 5.41) is 3.46. The third-order valence-corrected chi connectivity index (χ3v) is 4.18. The SMILES string of the molecule is COc1ccc(NC(=O)C(C)(C)c2ccc(Cl)cc2)cc1OCC(N)=O. The highest BCUT2D eigenvalue weighted by Crippen LogP contribution is 2.32. The fraction of sp³-hybridized carbons (Fsp3) is 0.263. The maximum absolute atomic E-state index is 12.8. The van der Waals surface area contributed by atoms with Crippen molar-refractivity contribution in [1.82, 2.24) is 0 Å². The monoisotopic (exact) mass is 376 g/mol. The molecule has 0 saturated heterocycles. The van der Waals surface area contributed by atoms with Gasteiger partial charge in [-0.2, -0.15) is 0 Å². The molecule has 0 heterocycles. The Morgan fingerprint density at radius 3 is 2.35 bits per heavy atom.